The molecule has 0 aliphatic heterocycles. The van der Waals surface area contributed by atoms with E-state index in [4.69, 9.17) is 9.62 Å². The summed E-state index contributed by atoms with van der Waals surface area (Å²) in [6.45, 7) is 3.37. The third kappa shape index (κ3) is 4.79. The molecule has 5 nitrogen and oxygen atoms in total. The zero-order chi connectivity index (χ0) is 26.2. The topological polar surface area (TPSA) is 74.8 Å². The van der Waals surface area contributed by atoms with E-state index >= 15 is 0 Å². The van der Waals surface area contributed by atoms with Crippen molar-refractivity contribution >= 4 is 22.4 Å². The number of halogens is 5. The molecule has 3 aromatic carbocycles. The predicted molar refractivity (Wildman–Crippen MR) is 125 cm³/mol. The normalized spacial score (nSPS) is 13.1. The zero-order valence-electron chi connectivity index (χ0n) is 19.0. The van der Waals surface area contributed by atoms with Gasteiger partial charge in [0.25, 0.3) is 0 Å². The lowest BCUT2D eigenvalue weighted by Crippen LogP contribution is -2.25. The van der Waals surface area contributed by atoms with E-state index in [1.165, 1.54) is 18.2 Å². The highest BCUT2D eigenvalue weighted by atomic mass is 19.4. The molecule has 0 saturated heterocycles. The largest absolute Gasteiger partial charge is 0.455 e. The Balaban J connectivity index is 1.84. The molecule has 0 amide bonds. The molecule has 0 aliphatic carbocycles. The zero-order valence-corrected chi connectivity index (χ0v) is 19.0. The van der Waals surface area contributed by atoms with Gasteiger partial charge < -0.3 is 14.9 Å². The number of benzene rings is 3. The summed E-state index contributed by atoms with van der Waals surface area (Å²) in [5, 5.41) is 14.6. The lowest BCUT2D eigenvalue weighted by molar-refractivity contribution is -0.0600. The van der Waals surface area contributed by atoms with Crippen LogP contribution < -0.4 is 10.7 Å². The van der Waals surface area contributed by atoms with E-state index in [1.54, 1.807) is 26.0 Å². The lowest BCUT2D eigenvalue weighted by Gasteiger charge is -2.21. The summed E-state index contributed by atoms with van der Waals surface area (Å²) in [6.07, 6.45) is -4.91. The summed E-state index contributed by atoms with van der Waals surface area (Å²) in [4.78, 5) is 12.9. The van der Waals surface area contributed by atoms with Gasteiger partial charge in [-0.2, -0.15) is 13.2 Å². The number of aryl methyl sites for hydroxylation is 1. The summed E-state index contributed by atoms with van der Waals surface area (Å²) in [7, 11) is 0. The number of hydrogen-bond acceptors (Lipinski definition) is 5. The molecular formula is C26H19F5N2O3. The fraction of sp³-hybridized carbons (Fsp3) is 0.154. The molecular weight excluding hydrogens is 483 g/mol. The van der Waals surface area contributed by atoms with Crippen LogP contribution in [0.1, 0.15) is 29.7 Å². The van der Waals surface area contributed by atoms with Gasteiger partial charge >= 0.3 is 6.18 Å². The Morgan fingerprint density at radius 1 is 1.06 bits per heavy atom. The first-order valence-corrected chi connectivity index (χ1v) is 10.7. The summed E-state index contributed by atoms with van der Waals surface area (Å²) < 4.78 is 73.8. The molecule has 1 heterocycles. The first-order chi connectivity index (χ1) is 17.0. The Hall–Kier alpha value is -4.21. The number of nitrogens with zero attached hydrogens (tertiary/aromatic N) is 1. The van der Waals surface area contributed by atoms with Crippen molar-refractivity contribution in [3.05, 3.63) is 99.2 Å². The average Bonchev–Trinajstić information content (AvgIpc) is 2.79. The molecule has 0 radical (unpaired) electrons. The molecule has 186 valence electrons. The van der Waals surface area contributed by atoms with Crippen molar-refractivity contribution in [3.8, 4) is 11.3 Å². The van der Waals surface area contributed by atoms with Crippen molar-refractivity contribution in [1.82, 2.24) is 0 Å². The Bertz CT molecular complexity index is 1540. The number of rotatable bonds is 5. The van der Waals surface area contributed by atoms with Crippen LogP contribution in [0.25, 0.3) is 22.3 Å². The van der Waals surface area contributed by atoms with Gasteiger partial charge in [0, 0.05) is 28.9 Å². The second-order valence-electron chi connectivity index (χ2n) is 8.19. The number of anilines is 1. The van der Waals surface area contributed by atoms with Gasteiger partial charge in [0.2, 0.25) is 0 Å². The standard InChI is InChI=1S/C26H19F5N2O3/c1-13-9-18(14(2)32-21-6-4-3-5-17(21)25(33-35)26(29,30)31)24-19(10-13)22(34)12-23(36-24)16-8-7-15(27)11-20(16)28/h3-12,14,32,35H,1-2H3/b33-25+/t14-/m1/s1. The summed E-state index contributed by atoms with van der Waals surface area (Å²) in [6, 6.07) is 11.9. The number of nitrogens with one attached hydrogen (secondary N) is 1. The molecule has 0 aliphatic rings. The Morgan fingerprint density at radius 2 is 1.78 bits per heavy atom. The second kappa shape index (κ2) is 9.44. The molecule has 0 bridgehead atoms. The summed E-state index contributed by atoms with van der Waals surface area (Å²) >= 11 is 0. The Labute approximate surface area is 201 Å². The van der Waals surface area contributed by atoms with Crippen LogP contribution in [0.2, 0.25) is 0 Å². The second-order valence-corrected chi connectivity index (χ2v) is 8.19. The molecule has 1 aromatic heterocycles. The van der Waals surface area contributed by atoms with Gasteiger partial charge in [-0.3, -0.25) is 4.79 Å². The van der Waals surface area contributed by atoms with E-state index in [0.717, 1.165) is 24.3 Å². The van der Waals surface area contributed by atoms with Crippen molar-refractivity contribution in [2.24, 2.45) is 5.16 Å². The molecule has 0 saturated carbocycles. The van der Waals surface area contributed by atoms with Gasteiger partial charge in [-0.1, -0.05) is 29.4 Å². The van der Waals surface area contributed by atoms with Crippen LogP contribution in [0.4, 0.5) is 27.6 Å². The maximum absolute atomic E-state index is 14.4. The summed E-state index contributed by atoms with van der Waals surface area (Å²) in [5.74, 6) is -1.85. The minimum absolute atomic E-state index is 0.0212. The van der Waals surface area contributed by atoms with Crippen LogP contribution in [0.5, 0.6) is 0 Å². The van der Waals surface area contributed by atoms with Crippen LogP contribution in [0, 0.1) is 18.6 Å². The molecule has 36 heavy (non-hydrogen) atoms. The number of oxime groups is 1. The minimum Gasteiger partial charge on any atom is -0.455 e. The predicted octanol–water partition coefficient (Wildman–Crippen LogP) is 6.96. The molecule has 0 spiro atoms. The quantitative estimate of drug-likeness (QED) is 0.134. The van der Waals surface area contributed by atoms with Gasteiger partial charge in [0.15, 0.2) is 11.1 Å². The van der Waals surface area contributed by atoms with Crippen LogP contribution in [-0.4, -0.2) is 17.1 Å². The van der Waals surface area contributed by atoms with Gasteiger partial charge in [0.1, 0.15) is 23.0 Å². The van der Waals surface area contributed by atoms with E-state index < -0.39 is 35.0 Å². The van der Waals surface area contributed by atoms with Crippen molar-refractivity contribution in [3.63, 3.8) is 0 Å². The van der Waals surface area contributed by atoms with Gasteiger partial charge in [0.05, 0.1) is 17.0 Å². The lowest BCUT2D eigenvalue weighted by atomic mass is 9.99. The fourth-order valence-electron chi connectivity index (χ4n) is 3.97. The molecule has 0 unspecified atom stereocenters. The summed E-state index contributed by atoms with van der Waals surface area (Å²) in [5.41, 5.74) is -1.25. The fourth-order valence-corrected chi connectivity index (χ4v) is 3.97. The Morgan fingerprint density at radius 3 is 2.44 bits per heavy atom. The highest BCUT2D eigenvalue weighted by Crippen LogP contribution is 2.33. The number of fused-ring (bicyclic) bond motifs is 1. The number of para-hydroxylation sites is 1. The van der Waals surface area contributed by atoms with Gasteiger partial charge in [-0.05, 0) is 43.7 Å². The first-order valence-electron chi connectivity index (χ1n) is 10.7. The van der Waals surface area contributed by atoms with Crippen LogP contribution in [0.15, 0.2) is 75.0 Å². The van der Waals surface area contributed by atoms with Crippen molar-refractivity contribution in [2.45, 2.75) is 26.1 Å². The molecule has 1 atom stereocenters. The van der Waals surface area contributed by atoms with Crippen LogP contribution in [0.3, 0.4) is 0 Å². The molecule has 10 heteroatoms. The first kappa shape index (κ1) is 24.9. The molecule has 2 N–H and O–H groups in total. The molecule has 4 rings (SSSR count). The van der Waals surface area contributed by atoms with E-state index in [2.05, 4.69) is 10.5 Å². The van der Waals surface area contributed by atoms with E-state index in [0.29, 0.717) is 17.2 Å². The molecule has 0 fully saturated rings. The van der Waals surface area contributed by atoms with Crippen molar-refractivity contribution in [2.75, 3.05) is 5.32 Å². The van der Waals surface area contributed by atoms with Crippen LogP contribution in [-0.2, 0) is 0 Å². The van der Waals surface area contributed by atoms with E-state index in [9.17, 15) is 26.7 Å². The number of alkyl halides is 3. The van der Waals surface area contributed by atoms with E-state index in [1.807, 2.05) is 0 Å². The Kier molecular flexibility index (Phi) is 6.53. The van der Waals surface area contributed by atoms with Gasteiger partial charge in [-0.25, -0.2) is 8.78 Å². The monoisotopic (exact) mass is 502 g/mol. The highest BCUT2D eigenvalue weighted by Gasteiger charge is 2.39. The molecule has 4 aromatic rings. The van der Waals surface area contributed by atoms with Gasteiger partial charge in [-0.15, -0.1) is 0 Å². The van der Waals surface area contributed by atoms with Crippen molar-refractivity contribution in [1.29, 1.82) is 0 Å². The minimum atomic E-state index is -4.91. The van der Waals surface area contributed by atoms with E-state index in [-0.39, 0.29) is 33.5 Å². The maximum Gasteiger partial charge on any atom is 0.437 e. The third-order valence-corrected chi connectivity index (χ3v) is 5.59. The third-order valence-electron chi connectivity index (χ3n) is 5.59. The van der Waals surface area contributed by atoms with Crippen LogP contribution >= 0.6 is 0 Å². The smallest absolute Gasteiger partial charge is 0.437 e. The average molecular weight is 502 g/mol. The maximum atomic E-state index is 14.4. The highest BCUT2D eigenvalue weighted by molar-refractivity contribution is 6.08. The van der Waals surface area contributed by atoms with Crippen molar-refractivity contribution < 1.29 is 31.6 Å². The number of hydrogen-bond donors (Lipinski definition) is 2. The SMILES string of the molecule is Cc1cc([C@@H](C)Nc2ccccc2/C(=N\O)C(F)(F)F)c2oc(-c3ccc(F)cc3F)cc(=O)c2c1.